The summed E-state index contributed by atoms with van der Waals surface area (Å²) >= 11 is 0. The number of piperazine rings is 1. The summed E-state index contributed by atoms with van der Waals surface area (Å²) in [6, 6.07) is 17.7. The van der Waals surface area contributed by atoms with E-state index in [9.17, 15) is 9.59 Å². The number of aromatic nitrogens is 2. The Hall–Kier alpha value is -3.12. The highest BCUT2D eigenvalue weighted by atomic mass is 16.2. The first kappa shape index (κ1) is 20.2. The normalized spacial score (nSPS) is 17.5. The number of hydrogen-bond donors (Lipinski definition) is 0. The van der Waals surface area contributed by atoms with E-state index in [1.165, 1.54) is 0 Å². The van der Waals surface area contributed by atoms with Gasteiger partial charge in [0.05, 0.1) is 17.8 Å². The highest BCUT2D eigenvalue weighted by molar-refractivity contribution is 5.96. The van der Waals surface area contributed by atoms with Gasteiger partial charge in [0.15, 0.2) is 0 Å². The summed E-state index contributed by atoms with van der Waals surface area (Å²) in [5.41, 5.74) is 4.54. The monoisotopic (exact) mass is 404 g/mol. The van der Waals surface area contributed by atoms with Crippen LogP contribution in [0.3, 0.4) is 0 Å². The molecule has 4 rings (SSSR count). The van der Waals surface area contributed by atoms with Crippen LogP contribution in [0.5, 0.6) is 0 Å². The Bertz CT molecular complexity index is 1130. The number of hydrogen-bond acceptors (Lipinski definition) is 3. The van der Waals surface area contributed by atoms with Crippen molar-refractivity contribution in [1.29, 1.82) is 0 Å². The Kier molecular flexibility index (Phi) is 5.35. The highest BCUT2D eigenvalue weighted by Crippen LogP contribution is 2.25. The molecule has 0 saturated carbocycles. The van der Waals surface area contributed by atoms with Crippen molar-refractivity contribution in [3.63, 3.8) is 0 Å². The van der Waals surface area contributed by atoms with Crippen LogP contribution in [0.4, 0.5) is 5.69 Å². The van der Waals surface area contributed by atoms with Gasteiger partial charge in [-0.2, -0.15) is 0 Å². The van der Waals surface area contributed by atoms with Crippen LogP contribution in [-0.2, 0) is 18.4 Å². The molecule has 0 radical (unpaired) electrons. The van der Waals surface area contributed by atoms with Crippen molar-refractivity contribution in [2.24, 2.45) is 7.05 Å². The second kappa shape index (κ2) is 7.95. The molecule has 2 aromatic carbocycles. The lowest BCUT2D eigenvalue weighted by molar-refractivity contribution is -0.122. The Morgan fingerprint density at radius 1 is 0.967 bits per heavy atom. The number of carbonyl (C=O) groups excluding carboxylic acids is 1. The van der Waals surface area contributed by atoms with Crippen LogP contribution in [0.15, 0.2) is 59.4 Å². The van der Waals surface area contributed by atoms with Crippen molar-refractivity contribution < 1.29 is 4.79 Å². The van der Waals surface area contributed by atoms with Crippen molar-refractivity contribution in [2.75, 3.05) is 18.0 Å². The minimum atomic E-state index is -0.0253. The van der Waals surface area contributed by atoms with Crippen molar-refractivity contribution >= 4 is 11.6 Å². The minimum absolute atomic E-state index is 0.0253. The summed E-state index contributed by atoms with van der Waals surface area (Å²) < 4.78 is 3.58. The van der Waals surface area contributed by atoms with Crippen LogP contribution >= 0.6 is 0 Å². The van der Waals surface area contributed by atoms with E-state index in [2.05, 4.69) is 11.8 Å². The maximum Gasteiger partial charge on any atom is 0.276 e. The maximum absolute atomic E-state index is 13.2. The Labute approximate surface area is 176 Å². The number of aryl methyl sites for hydroxylation is 1. The standard InChI is InChI=1S/C24H28N4O2/c1-17-10-8-9-13-22(17)27-18(2)14-26(16-23(27)29)15-21-19(3)25(4)28(24(21)30)20-11-6-5-7-12-20/h5-13,18H,14-16H2,1-4H3/t18-/m0/s1. The predicted molar refractivity (Wildman–Crippen MR) is 119 cm³/mol. The lowest BCUT2D eigenvalue weighted by Crippen LogP contribution is -2.55. The van der Waals surface area contributed by atoms with Gasteiger partial charge in [-0.25, -0.2) is 4.68 Å². The van der Waals surface area contributed by atoms with Gasteiger partial charge in [-0.3, -0.25) is 19.2 Å². The van der Waals surface area contributed by atoms with Gasteiger partial charge in [0.1, 0.15) is 0 Å². The third kappa shape index (κ3) is 3.48. The molecule has 0 spiro atoms. The summed E-state index contributed by atoms with van der Waals surface area (Å²) in [5.74, 6) is 0.0695. The topological polar surface area (TPSA) is 50.5 Å². The fourth-order valence-corrected chi connectivity index (χ4v) is 4.39. The van der Waals surface area contributed by atoms with Crippen molar-refractivity contribution in [2.45, 2.75) is 33.4 Å². The van der Waals surface area contributed by atoms with E-state index in [1.807, 2.05) is 85.1 Å². The number of carbonyl (C=O) groups is 1. The Balaban J connectivity index is 1.59. The van der Waals surface area contributed by atoms with Gasteiger partial charge < -0.3 is 4.90 Å². The zero-order chi connectivity index (χ0) is 21.4. The van der Waals surface area contributed by atoms with E-state index in [-0.39, 0.29) is 17.5 Å². The molecule has 3 aromatic rings. The van der Waals surface area contributed by atoms with Crippen molar-refractivity contribution in [3.8, 4) is 5.69 Å². The van der Waals surface area contributed by atoms with Gasteiger partial charge in [-0.1, -0.05) is 36.4 Å². The molecule has 30 heavy (non-hydrogen) atoms. The van der Waals surface area contributed by atoms with Gasteiger partial charge >= 0.3 is 0 Å². The van der Waals surface area contributed by atoms with Gasteiger partial charge in [-0.05, 0) is 44.5 Å². The van der Waals surface area contributed by atoms with Gasteiger partial charge in [0.25, 0.3) is 5.56 Å². The molecule has 0 bridgehead atoms. The number of anilines is 1. The second-order valence-corrected chi connectivity index (χ2v) is 8.11. The molecule has 1 aliphatic rings. The van der Waals surface area contributed by atoms with Crippen LogP contribution in [0.1, 0.15) is 23.7 Å². The van der Waals surface area contributed by atoms with Crippen LogP contribution < -0.4 is 10.5 Å². The summed E-state index contributed by atoms with van der Waals surface area (Å²) in [5, 5.41) is 0. The van der Waals surface area contributed by atoms with Gasteiger partial charge in [-0.15, -0.1) is 0 Å². The first-order valence-corrected chi connectivity index (χ1v) is 10.3. The van der Waals surface area contributed by atoms with Gasteiger partial charge in [0.2, 0.25) is 5.91 Å². The summed E-state index contributed by atoms with van der Waals surface area (Å²) in [4.78, 5) is 30.2. The quantitative estimate of drug-likeness (QED) is 0.672. The number of para-hydroxylation sites is 2. The molecule has 1 fully saturated rings. The van der Waals surface area contributed by atoms with E-state index >= 15 is 0 Å². The summed E-state index contributed by atoms with van der Waals surface area (Å²) in [7, 11) is 1.90. The van der Waals surface area contributed by atoms with Crippen LogP contribution in [0.25, 0.3) is 5.69 Å². The second-order valence-electron chi connectivity index (χ2n) is 8.11. The predicted octanol–water partition coefficient (Wildman–Crippen LogP) is 3.03. The molecule has 6 heteroatoms. The van der Waals surface area contributed by atoms with Crippen LogP contribution in [0.2, 0.25) is 0 Å². The Morgan fingerprint density at radius 3 is 2.30 bits per heavy atom. The van der Waals surface area contributed by atoms with Crippen LogP contribution in [-0.4, -0.2) is 39.3 Å². The van der Waals surface area contributed by atoms with Crippen molar-refractivity contribution in [1.82, 2.24) is 14.3 Å². The molecule has 0 N–H and O–H groups in total. The molecule has 1 aromatic heterocycles. The molecule has 1 saturated heterocycles. The zero-order valence-electron chi connectivity index (χ0n) is 18.0. The third-order valence-corrected chi connectivity index (χ3v) is 6.02. The molecule has 0 unspecified atom stereocenters. The van der Waals surface area contributed by atoms with E-state index in [0.717, 1.165) is 34.7 Å². The third-order valence-electron chi connectivity index (χ3n) is 6.02. The molecule has 6 nitrogen and oxygen atoms in total. The van der Waals surface area contributed by atoms with Crippen LogP contribution in [0, 0.1) is 13.8 Å². The average molecular weight is 405 g/mol. The zero-order valence-corrected chi connectivity index (χ0v) is 18.0. The van der Waals surface area contributed by atoms with E-state index in [1.54, 1.807) is 4.68 Å². The number of rotatable bonds is 4. The minimum Gasteiger partial charge on any atom is -0.307 e. The summed E-state index contributed by atoms with van der Waals surface area (Å²) in [6.45, 7) is 7.55. The molecule has 2 heterocycles. The summed E-state index contributed by atoms with van der Waals surface area (Å²) in [6.07, 6.45) is 0. The molecule has 0 aliphatic carbocycles. The number of nitrogens with zero attached hydrogens (tertiary/aromatic N) is 4. The SMILES string of the molecule is Cc1ccccc1N1C(=O)CN(Cc2c(C)n(C)n(-c3ccccc3)c2=O)C[C@@H]1C. The Morgan fingerprint density at radius 2 is 1.63 bits per heavy atom. The van der Waals surface area contributed by atoms with Gasteiger partial charge in [0, 0.05) is 37.6 Å². The fraction of sp³-hybridized carbons (Fsp3) is 0.333. The highest BCUT2D eigenvalue weighted by Gasteiger charge is 2.32. The molecular weight excluding hydrogens is 376 g/mol. The van der Waals surface area contributed by atoms with E-state index < -0.39 is 0 Å². The fourth-order valence-electron chi connectivity index (χ4n) is 4.39. The first-order valence-electron chi connectivity index (χ1n) is 10.3. The average Bonchev–Trinajstić information content (AvgIpc) is 2.93. The largest absolute Gasteiger partial charge is 0.307 e. The van der Waals surface area contributed by atoms with E-state index in [0.29, 0.717) is 13.1 Å². The lowest BCUT2D eigenvalue weighted by Gasteiger charge is -2.40. The lowest BCUT2D eigenvalue weighted by atomic mass is 10.1. The molecule has 1 aliphatic heterocycles. The maximum atomic E-state index is 13.2. The first-order chi connectivity index (χ1) is 14.4. The van der Waals surface area contributed by atoms with Crippen molar-refractivity contribution in [3.05, 3.63) is 81.8 Å². The number of amides is 1. The number of benzene rings is 2. The molecule has 156 valence electrons. The molecule has 1 atom stereocenters. The molecular formula is C24H28N4O2. The van der Waals surface area contributed by atoms with E-state index in [4.69, 9.17) is 0 Å². The molecule has 1 amide bonds. The smallest absolute Gasteiger partial charge is 0.276 e.